The number of aliphatic hydroxyl groups is 1. The number of ether oxygens (including phenoxy) is 2. The van der Waals surface area contributed by atoms with Gasteiger partial charge in [-0.25, -0.2) is 4.98 Å². The molecule has 0 bridgehead atoms. The monoisotopic (exact) mass is 506 g/mol. The zero-order chi connectivity index (χ0) is 24.7. The van der Waals surface area contributed by atoms with Crippen LogP contribution >= 0.6 is 22.9 Å². The number of methoxy groups -OCH3 is 2. The lowest BCUT2D eigenvalue weighted by Gasteiger charge is -2.24. The predicted molar refractivity (Wildman–Crippen MR) is 135 cm³/mol. The van der Waals surface area contributed by atoms with Gasteiger partial charge in [0.1, 0.15) is 23.3 Å². The molecular weight excluding hydrogens is 488 g/mol. The maximum absolute atomic E-state index is 13.4. The molecule has 0 aliphatic carbocycles. The van der Waals surface area contributed by atoms with Crippen LogP contribution in [0.25, 0.3) is 16.0 Å². The number of thiazole rings is 1. The molecule has 1 aliphatic rings. The number of Topliss-reactive ketones (excluding diaryl/α,β-unsaturated/α-hetero) is 1. The first-order chi connectivity index (χ1) is 16.9. The van der Waals surface area contributed by atoms with Gasteiger partial charge in [0.15, 0.2) is 5.13 Å². The van der Waals surface area contributed by atoms with E-state index in [2.05, 4.69) is 4.98 Å². The maximum atomic E-state index is 13.4. The predicted octanol–water partition coefficient (Wildman–Crippen LogP) is 5.59. The second-order valence-corrected chi connectivity index (χ2v) is 9.19. The minimum Gasteiger partial charge on any atom is -0.507 e. The molecule has 1 aromatic heterocycles. The summed E-state index contributed by atoms with van der Waals surface area (Å²) < 4.78 is 11.8. The lowest BCUT2D eigenvalue weighted by molar-refractivity contribution is -0.132. The van der Waals surface area contributed by atoms with Crippen molar-refractivity contribution in [2.45, 2.75) is 6.04 Å². The van der Waals surface area contributed by atoms with Crippen molar-refractivity contribution in [2.24, 2.45) is 0 Å². The number of ketones is 1. The Balaban J connectivity index is 1.77. The molecule has 1 N–H and O–H groups in total. The highest BCUT2D eigenvalue weighted by atomic mass is 35.5. The highest BCUT2D eigenvalue weighted by molar-refractivity contribution is 7.22. The molecule has 35 heavy (non-hydrogen) atoms. The Kier molecular flexibility index (Phi) is 5.92. The van der Waals surface area contributed by atoms with Crippen LogP contribution in [0.1, 0.15) is 17.2 Å². The number of aliphatic hydroxyl groups excluding tert-OH is 1. The summed E-state index contributed by atoms with van der Waals surface area (Å²) in [6.45, 7) is 0. The number of carbonyl (C=O) groups excluding carboxylic acids is 2. The van der Waals surface area contributed by atoms with Crippen LogP contribution in [0.2, 0.25) is 5.02 Å². The first kappa shape index (κ1) is 22.9. The molecule has 1 aliphatic heterocycles. The van der Waals surface area contributed by atoms with Crippen molar-refractivity contribution in [3.05, 3.63) is 88.5 Å². The van der Waals surface area contributed by atoms with Crippen LogP contribution in [0.3, 0.4) is 0 Å². The summed E-state index contributed by atoms with van der Waals surface area (Å²) >= 11 is 7.29. The fourth-order valence-corrected chi connectivity index (χ4v) is 5.21. The topological polar surface area (TPSA) is 89.0 Å². The van der Waals surface area contributed by atoms with E-state index in [4.69, 9.17) is 21.1 Å². The van der Waals surface area contributed by atoms with Gasteiger partial charge < -0.3 is 14.6 Å². The molecule has 1 atom stereocenters. The lowest BCUT2D eigenvalue weighted by atomic mass is 9.94. The summed E-state index contributed by atoms with van der Waals surface area (Å²) in [6, 6.07) is 17.9. The quantitative estimate of drug-likeness (QED) is 0.215. The number of aromatic nitrogens is 1. The van der Waals surface area contributed by atoms with Crippen LogP contribution < -0.4 is 14.4 Å². The van der Waals surface area contributed by atoms with Gasteiger partial charge in [0, 0.05) is 22.2 Å². The van der Waals surface area contributed by atoms with Crippen LogP contribution in [0, 0.1) is 0 Å². The molecule has 4 aromatic rings. The van der Waals surface area contributed by atoms with E-state index < -0.39 is 17.7 Å². The summed E-state index contributed by atoms with van der Waals surface area (Å²) in [5.41, 5.74) is 1.49. The molecular formula is C26H19ClN2O5S. The van der Waals surface area contributed by atoms with E-state index in [-0.39, 0.29) is 11.3 Å². The zero-order valence-corrected chi connectivity index (χ0v) is 20.3. The van der Waals surface area contributed by atoms with Crippen LogP contribution in [0.15, 0.2) is 72.3 Å². The Labute approximate surface area is 209 Å². The van der Waals surface area contributed by atoms with E-state index in [9.17, 15) is 14.7 Å². The third-order valence-corrected chi connectivity index (χ3v) is 7.07. The number of fused-ring (bicyclic) bond motifs is 1. The number of benzene rings is 3. The molecule has 5 rings (SSSR count). The summed E-state index contributed by atoms with van der Waals surface area (Å²) in [5.74, 6) is -0.988. The standard InChI is InChI=1S/C26H19ClN2O5S/c1-33-16-11-12-17(19(13-16)34-2)22-21(23(30)14-7-9-15(27)10-8-14)24(31)25(32)29(22)26-28-18-5-3-4-6-20(18)35-26/h3-13,22,30H,1-2H3/b23-21+. The molecule has 1 amide bonds. The van der Waals surface area contributed by atoms with Crippen molar-refractivity contribution in [1.82, 2.24) is 4.98 Å². The van der Waals surface area contributed by atoms with Gasteiger partial charge in [0.2, 0.25) is 0 Å². The molecule has 3 aromatic carbocycles. The second kappa shape index (κ2) is 9.05. The van der Waals surface area contributed by atoms with Crippen molar-refractivity contribution in [3.8, 4) is 11.5 Å². The molecule has 2 heterocycles. The van der Waals surface area contributed by atoms with E-state index in [0.29, 0.717) is 38.3 Å². The van der Waals surface area contributed by atoms with Crippen molar-refractivity contribution in [2.75, 3.05) is 19.1 Å². The third kappa shape index (κ3) is 3.90. The Hall–Kier alpha value is -3.88. The molecule has 7 nitrogen and oxygen atoms in total. The fourth-order valence-electron chi connectivity index (χ4n) is 4.09. The van der Waals surface area contributed by atoms with E-state index in [1.165, 1.54) is 30.5 Å². The maximum Gasteiger partial charge on any atom is 0.301 e. The number of rotatable bonds is 5. The van der Waals surface area contributed by atoms with Crippen LogP contribution in [-0.4, -0.2) is 36.0 Å². The van der Waals surface area contributed by atoms with E-state index in [0.717, 1.165) is 4.70 Å². The Morgan fingerprint density at radius 1 is 1.03 bits per heavy atom. The van der Waals surface area contributed by atoms with Gasteiger partial charge in [-0.2, -0.15) is 0 Å². The first-order valence-electron chi connectivity index (χ1n) is 10.6. The summed E-state index contributed by atoms with van der Waals surface area (Å²) in [4.78, 5) is 32.7. The molecule has 0 saturated carbocycles. The van der Waals surface area contributed by atoms with E-state index in [1.54, 1.807) is 42.5 Å². The Morgan fingerprint density at radius 3 is 2.46 bits per heavy atom. The molecule has 1 saturated heterocycles. The zero-order valence-electron chi connectivity index (χ0n) is 18.7. The van der Waals surface area contributed by atoms with Crippen molar-refractivity contribution >= 4 is 55.7 Å². The lowest BCUT2D eigenvalue weighted by Crippen LogP contribution is -2.29. The summed E-state index contributed by atoms with van der Waals surface area (Å²) in [7, 11) is 3.02. The van der Waals surface area contributed by atoms with Gasteiger partial charge in [-0.15, -0.1) is 0 Å². The SMILES string of the molecule is COc1ccc(C2/C(=C(\O)c3ccc(Cl)cc3)C(=O)C(=O)N2c2nc3ccccc3s2)c(OC)c1. The average molecular weight is 507 g/mol. The van der Waals surface area contributed by atoms with Gasteiger partial charge in [-0.05, 0) is 48.5 Å². The second-order valence-electron chi connectivity index (χ2n) is 7.75. The van der Waals surface area contributed by atoms with Gasteiger partial charge in [-0.3, -0.25) is 14.5 Å². The number of halogens is 1. The number of carbonyl (C=O) groups is 2. The molecule has 0 radical (unpaired) electrons. The van der Waals surface area contributed by atoms with Crippen molar-refractivity contribution in [3.63, 3.8) is 0 Å². The molecule has 9 heteroatoms. The van der Waals surface area contributed by atoms with E-state index in [1.807, 2.05) is 24.3 Å². The Bertz CT molecular complexity index is 1460. The highest BCUT2D eigenvalue weighted by Crippen LogP contribution is 2.47. The fraction of sp³-hybridized carbons (Fsp3) is 0.115. The van der Waals surface area contributed by atoms with Crippen molar-refractivity contribution in [1.29, 1.82) is 0 Å². The minimum absolute atomic E-state index is 0.0694. The van der Waals surface area contributed by atoms with Crippen LogP contribution in [-0.2, 0) is 9.59 Å². The number of anilines is 1. The summed E-state index contributed by atoms with van der Waals surface area (Å²) in [5, 5.41) is 12.1. The van der Waals surface area contributed by atoms with Gasteiger partial charge >= 0.3 is 5.91 Å². The molecule has 0 spiro atoms. The van der Waals surface area contributed by atoms with Crippen molar-refractivity contribution < 1.29 is 24.2 Å². The smallest absolute Gasteiger partial charge is 0.301 e. The van der Waals surface area contributed by atoms with Gasteiger partial charge in [-0.1, -0.05) is 35.1 Å². The molecule has 1 fully saturated rings. The number of nitrogens with zero attached hydrogens (tertiary/aromatic N) is 2. The Morgan fingerprint density at radius 2 is 1.77 bits per heavy atom. The largest absolute Gasteiger partial charge is 0.507 e. The van der Waals surface area contributed by atoms with Gasteiger partial charge in [0.25, 0.3) is 5.78 Å². The highest BCUT2D eigenvalue weighted by Gasteiger charge is 2.49. The van der Waals surface area contributed by atoms with Gasteiger partial charge in [0.05, 0.1) is 30.0 Å². The number of hydrogen-bond donors (Lipinski definition) is 1. The van der Waals surface area contributed by atoms with E-state index >= 15 is 0 Å². The number of amides is 1. The summed E-state index contributed by atoms with van der Waals surface area (Å²) in [6.07, 6.45) is 0. The average Bonchev–Trinajstić information content (AvgIpc) is 3.42. The van der Waals surface area contributed by atoms with Crippen LogP contribution in [0.5, 0.6) is 11.5 Å². The minimum atomic E-state index is -0.980. The third-order valence-electron chi connectivity index (χ3n) is 5.79. The first-order valence-corrected chi connectivity index (χ1v) is 11.8. The number of hydrogen-bond acceptors (Lipinski definition) is 7. The normalized spacial score (nSPS) is 17.2. The van der Waals surface area contributed by atoms with Crippen LogP contribution in [0.4, 0.5) is 5.13 Å². The molecule has 176 valence electrons. The molecule has 1 unspecified atom stereocenters. The number of para-hydroxylation sites is 1.